The van der Waals surface area contributed by atoms with E-state index in [0.717, 1.165) is 25.7 Å². The molecule has 0 radical (unpaired) electrons. The molecule has 1 aliphatic rings. The van der Waals surface area contributed by atoms with Gasteiger partial charge < -0.3 is 10.6 Å². The van der Waals surface area contributed by atoms with Crippen LogP contribution in [0.2, 0.25) is 0 Å². The number of ketones is 2. The van der Waals surface area contributed by atoms with E-state index in [1.54, 1.807) is 24.6 Å². The Labute approximate surface area is 166 Å². The second-order valence-electron chi connectivity index (χ2n) is 6.96. The van der Waals surface area contributed by atoms with E-state index in [1.165, 1.54) is 0 Å². The third-order valence-electron chi connectivity index (χ3n) is 4.97. The first-order chi connectivity index (χ1) is 13.7. The topological polar surface area (TPSA) is 58.2 Å². The first-order valence-corrected chi connectivity index (χ1v) is 9.78. The second kappa shape index (κ2) is 10.3. The summed E-state index contributed by atoms with van der Waals surface area (Å²) >= 11 is 0. The molecule has 1 fully saturated rings. The van der Waals surface area contributed by atoms with Crippen LogP contribution < -0.4 is 10.6 Å². The predicted molar refractivity (Wildman–Crippen MR) is 112 cm³/mol. The van der Waals surface area contributed by atoms with Gasteiger partial charge in [-0.05, 0) is 12.8 Å². The van der Waals surface area contributed by atoms with Crippen molar-refractivity contribution in [2.24, 2.45) is 0 Å². The van der Waals surface area contributed by atoms with Crippen LogP contribution in [0.3, 0.4) is 0 Å². The zero-order valence-corrected chi connectivity index (χ0v) is 15.9. The average Bonchev–Trinajstić information content (AvgIpc) is 2.76. The molecule has 2 N–H and O–H groups in total. The van der Waals surface area contributed by atoms with Gasteiger partial charge in [0, 0.05) is 47.8 Å². The molecule has 2 aromatic rings. The Kier molecular flexibility index (Phi) is 7.19. The van der Waals surface area contributed by atoms with Crippen LogP contribution in [0.4, 0.5) is 0 Å². The highest BCUT2D eigenvalue weighted by molar-refractivity contribution is 6.04. The SMILES string of the molecule is O=C(C=CNC1CCCCC1NC=CC(=O)c1ccccc1)c1ccccc1. The number of rotatable bonds is 8. The van der Waals surface area contributed by atoms with Gasteiger partial charge in [-0.15, -0.1) is 0 Å². The Morgan fingerprint density at radius 2 is 1.07 bits per heavy atom. The lowest BCUT2D eigenvalue weighted by atomic mass is 9.90. The maximum absolute atomic E-state index is 12.2. The van der Waals surface area contributed by atoms with E-state index >= 15 is 0 Å². The van der Waals surface area contributed by atoms with Crippen molar-refractivity contribution in [3.63, 3.8) is 0 Å². The molecule has 144 valence electrons. The normalized spacial score (nSPS) is 19.6. The summed E-state index contributed by atoms with van der Waals surface area (Å²) in [6.07, 6.45) is 11.0. The molecule has 1 saturated carbocycles. The van der Waals surface area contributed by atoms with Crippen molar-refractivity contribution in [3.05, 3.63) is 96.3 Å². The number of benzene rings is 2. The molecule has 0 aliphatic heterocycles. The van der Waals surface area contributed by atoms with Crippen LogP contribution in [0.5, 0.6) is 0 Å². The number of carbonyl (C=O) groups excluding carboxylic acids is 2. The monoisotopic (exact) mass is 374 g/mol. The number of allylic oxidation sites excluding steroid dienone is 2. The minimum atomic E-state index is -0.0122. The summed E-state index contributed by atoms with van der Waals surface area (Å²) in [5.41, 5.74) is 1.36. The van der Waals surface area contributed by atoms with Gasteiger partial charge in [0.1, 0.15) is 0 Å². The van der Waals surface area contributed by atoms with E-state index in [-0.39, 0.29) is 23.7 Å². The van der Waals surface area contributed by atoms with Crippen LogP contribution in [0.15, 0.2) is 85.2 Å². The molecule has 4 heteroatoms. The van der Waals surface area contributed by atoms with E-state index in [1.807, 2.05) is 60.7 Å². The molecular formula is C24H26N2O2. The quantitative estimate of drug-likeness (QED) is 0.535. The van der Waals surface area contributed by atoms with E-state index in [0.29, 0.717) is 11.1 Å². The van der Waals surface area contributed by atoms with Crippen molar-refractivity contribution in [2.75, 3.05) is 0 Å². The molecule has 1 aliphatic carbocycles. The van der Waals surface area contributed by atoms with Crippen molar-refractivity contribution >= 4 is 11.6 Å². The molecule has 0 spiro atoms. The largest absolute Gasteiger partial charge is 0.386 e. The summed E-state index contributed by atoms with van der Waals surface area (Å²) in [6, 6.07) is 18.9. The van der Waals surface area contributed by atoms with Crippen molar-refractivity contribution in [1.29, 1.82) is 0 Å². The summed E-state index contributed by atoms with van der Waals surface area (Å²) in [6.45, 7) is 0. The molecule has 4 nitrogen and oxygen atoms in total. The maximum atomic E-state index is 12.2. The molecule has 0 aromatic heterocycles. The van der Waals surface area contributed by atoms with Crippen LogP contribution in [-0.2, 0) is 0 Å². The number of hydrogen-bond donors (Lipinski definition) is 2. The fourth-order valence-electron chi connectivity index (χ4n) is 3.42. The molecular weight excluding hydrogens is 348 g/mol. The molecule has 2 unspecified atom stereocenters. The van der Waals surface area contributed by atoms with Gasteiger partial charge in [-0.3, -0.25) is 9.59 Å². The third-order valence-corrected chi connectivity index (χ3v) is 4.97. The zero-order chi connectivity index (χ0) is 19.6. The minimum Gasteiger partial charge on any atom is -0.386 e. The van der Waals surface area contributed by atoms with Crippen molar-refractivity contribution in [3.8, 4) is 0 Å². The Balaban J connectivity index is 1.52. The van der Waals surface area contributed by atoms with Gasteiger partial charge >= 0.3 is 0 Å². The first-order valence-electron chi connectivity index (χ1n) is 9.78. The Morgan fingerprint density at radius 3 is 1.46 bits per heavy atom. The number of nitrogens with one attached hydrogen (secondary N) is 2. The summed E-state index contributed by atoms with van der Waals surface area (Å²) in [4.78, 5) is 24.3. The van der Waals surface area contributed by atoms with Gasteiger partial charge in [-0.25, -0.2) is 0 Å². The number of hydrogen-bond acceptors (Lipinski definition) is 4. The fourth-order valence-corrected chi connectivity index (χ4v) is 3.42. The molecule has 0 heterocycles. The molecule has 2 atom stereocenters. The molecule has 0 saturated heterocycles. The lowest BCUT2D eigenvalue weighted by Gasteiger charge is -2.32. The number of carbonyl (C=O) groups is 2. The lowest BCUT2D eigenvalue weighted by Crippen LogP contribution is -2.46. The van der Waals surface area contributed by atoms with Gasteiger partial charge in [0.15, 0.2) is 11.6 Å². The molecule has 2 aromatic carbocycles. The van der Waals surface area contributed by atoms with E-state index in [2.05, 4.69) is 10.6 Å². The van der Waals surface area contributed by atoms with E-state index in [9.17, 15) is 9.59 Å². The standard InChI is InChI=1S/C24H26N2O2/c27-23(19-9-3-1-4-10-19)15-17-25-21-13-7-8-14-22(21)26-18-16-24(28)20-11-5-2-6-12-20/h1-6,9-12,15-18,21-22,25-26H,7-8,13-14H2. The van der Waals surface area contributed by atoms with Gasteiger partial charge in [-0.1, -0.05) is 73.5 Å². The highest BCUT2D eigenvalue weighted by Gasteiger charge is 2.23. The smallest absolute Gasteiger partial charge is 0.187 e. The van der Waals surface area contributed by atoms with Gasteiger partial charge in [0.05, 0.1) is 0 Å². The summed E-state index contributed by atoms with van der Waals surface area (Å²) in [7, 11) is 0. The lowest BCUT2D eigenvalue weighted by molar-refractivity contribution is 0.103. The van der Waals surface area contributed by atoms with E-state index in [4.69, 9.17) is 0 Å². The van der Waals surface area contributed by atoms with Crippen molar-refractivity contribution in [1.82, 2.24) is 10.6 Å². The molecule has 28 heavy (non-hydrogen) atoms. The Hall–Kier alpha value is -3.14. The predicted octanol–water partition coefficient (Wildman–Crippen LogP) is 4.27. The van der Waals surface area contributed by atoms with Crippen molar-refractivity contribution < 1.29 is 9.59 Å². The summed E-state index contributed by atoms with van der Waals surface area (Å²) < 4.78 is 0. The molecule has 0 bridgehead atoms. The average molecular weight is 374 g/mol. The van der Waals surface area contributed by atoms with E-state index < -0.39 is 0 Å². The molecule has 3 rings (SSSR count). The summed E-state index contributed by atoms with van der Waals surface area (Å²) in [5, 5.41) is 6.72. The highest BCUT2D eigenvalue weighted by atomic mass is 16.1. The minimum absolute atomic E-state index is 0.0122. The first kappa shape index (κ1) is 19.6. The van der Waals surface area contributed by atoms with Crippen LogP contribution in [0, 0.1) is 0 Å². The third kappa shape index (κ3) is 5.68. The maximum Gasteiger partial charge on any atom is 0.187 e. The zero-order valence-electron chi connectivity index (χ0n) is 15.9. The summed E-state index contributed by atoms with van der Waals surface area (Å²) in [5.74, 6) is -0.0245. The van der Waals surface area contributed by atoms with Gasteiger partial charge in [-0.2, -0.15) is 0 Å². The fraction of sp³-hybridized carbons (Fsp3) is 0.250. The second-order valence-corrected chi connectivity index (χ2v) is 6.96. The van der Waals surface area contributed by atoms with Gasteiger partial charge in [0.25, 0.3) is 0 Å². The van der Waals surface area contributed by atoms with Crippen LogP contribution in [0.1, 0.15) is 46.4 Å². The Bertz CT molecular complexity index is 757. The highest BCUT2D eigenvalue weighted by Crippen LogP contribution is 2.18. The van der Waals surface area contributed by atoms with Gasteiger partial charge in [0.2, 0.25) is 0 Å². The van der Waals surface area contributed by atoms with Crippen LogP contribution >= 0.6 is 0 Å². The van der Waals surface area contributed by atoms with Crippen LogP contribution in [-0.4, -0.2) is 23.7 Å². The Morgan fingerprint density at radius 1 is 0.679 bits per heavy atom. The van der Waals surface area contributed by atoms with Crippen molar-refractivity contribution in [2.45, 2.75) is 37.8 Å². The van der Waals surface area contributed by atoms with Crippen LogP contribution in [0.25, 0.3) is 0 Å². The molecule has 0 amide bonds.